The molecule has 1 atom stereocenters. The Hall–Kier alpha value is -1.51. The quantitative estimate of drug-likeness (QED) is 0.595. The average molecular weight is 288 g/mol. The lowest BCUT2D eigenvalue weighted by Gasteiger charge is -2.10. The van der Waals surface area contributed by atoms with E-state index in [4.69, 9.17) is 5.14 Å². The minimum Gasteiger partial charge on any atom is -0.393 e. The first kappa shape index (κ1) is 15.5. The molecule has 8 heteroatoms. The van der Waals surface area contributed by atoms with Crippen LogP contribution in [0.15, 0.2) is 23.1 Å². The van der Waals surface area contributed by atoms with Crippen LogP contribution in [0.25, 0.3) is 0 Å². The number of hydrogen-bond donors (Lipinski definition) is 2. The molecule has 0 saturated heterocycles. The van der Waals surface area contributed by atoms with Crippen molar-refractivity contribution in [3.8, 4) is 0 Å². The zero-order valence-corrected chi connectivity index (χ0v) is 11.3. The molecule has 0 aliphatic heterocycles. The highest BCUT2D eigenvalue weighted by atomic mass is 32.2. The van der Waals surface area contributed by atoms with Gasteiger partial charge in [-0.15, -0.1) is 0 Å². The summed E-state index contributed by atoms with van der Waals surface area (Å²) in [4.78, 5) is 9.94. The van der Waals surface area contributed by atoms with E-state index in [9.17, 15) is 23.6 Å². The fourth-order valence-electron chi connectivity index (χ4n) is 1.75. The zero-order chi connectivity index (χ0) is 14.6. The van der Waals surface area contributed by atoms with Crippen molar-refractivity contribution in [2.75, 3.05) is 0 Å². The monoisotopic (exact) mass is 288 g/mol. The summed E-state index contributed by atoms with van der Waals surface area (Å²) in [6, 6.07) is 3.44. The van der Waals surface area contributed by atoms with Gasteiger partial charge in [0.25, 0.3) is 5.69 Å². The van der Waals surface area contributed by atoms with Crippen molar-refractivity contribution in [1.29, 1.82) is 0 Å². The molecule has 1 unspecified atom stereocenters. The third-order valence-electron chi connectivity index (χ3n) is 2.66. The molecule has 7 nitrogen and oxygen atoms in total. The molecule has 0 spiro atoms. The Kier molecular flexibility index (Phi) is 4.98. The maximum absolute atomic E-state index is 11.1. The van der Waals surface area contributed by atoms with E-state index in [2.05, 4.69) is 0 Å². The number of nitro groups is 1. The molecule has 0 radical (unpaired) electrons. The largest absolute Gasteiger partial charge is 0.393 e. The smallest absolute Gasteiger partial charge is 0.274 e. The van der Waals surface area contributed by atoms with Crippen LogP contribution >= 0.6 is 0 Å². The van der Waals surface area contributed by atoms with Crippen LogP contribution in [-0.2, 0) is 16.4 Å². The summed E-state index contributed by atoms with van der Waals surface area (Å²) in [6.07, 6.45) is 0.692. The molecule has 0 fully saturated rings. The van der Waals surface area contributed by atoms with Gasteiger partial charge < -0.3 is 5.11 Å². The number of nitrogens with two attached hydrogens (primary N) is 1. The number of nitrogens with zero attached hydrogens (tertiary/aromatic N) is 1. The van der Waals surface area contributed by atoms with Crippen LogP contribution in [0.3, 0.4) is 0 Å². The maximum atomic E-state index is 11.1. The van der Waals surface area contributed by atoms with Crippen LogP contribution < -0.4 is 5.14 Å². The average Bonchev–Trinajstić information content (AvgIpc) is 2.27. The minimum absolute atomic E-state index is 0.106. The number of sulfonamides is 1. The number of benzene rings is 1. The van der Waals surface area contributed by atoms with Gasteiger partial charge in [-0.3, -0.25) is 10.1 Å². The first-order valence-electron chi connectivity index (χ1n) is 5.74. The summed E-state index contributed by atoms with van der Waals surface area (Å²) in [5.41, 5.74) is -0.0555. The molecular weight excluding hydrogens is 272 g/mol. The summed E-state index contributed by atoms with van der Waals surface area (Å²) in [5, 5.41) is 25.5. The van der Waals surface area contributed by atoms with E-state index in [0.717, 1.165) is 12.5 Å². The lowest BCUT2D eigenvalue weighted by atomic mass is 10.0. The second kappa shape index (κ2) is 6.09. The molecule has 0 saturated carbocycles. The van der Waals surface area contributed by atoms with Gasteiger partial charge in [0.05, 0.1) is 15.9 Å². The highest BCUT2D eigenvalue weighted by Crippen LogP contribution is 2.24. The molecule has 0 aromatic heterocycles. The first-order valence-corrected chi connectivity index (χ1v) is 7.28. The maximum Gasteiger partial charge on any atom is 0.274 e. The van der Waals surface area contributed by atoms with Crippen LogP contribution in [0, 0.1) is 10.1 Å². The summed E-state index contributed by atoms with van der Waals surface area (Å²) in [7, 11) is -3.98. The molecule has 0 bridgehead atoms. The number of hydrogen-bond acceptors (Lipinski definition) is 5. The molecule has 106 valence electrons. The normalized spacial score (nSPS) is 13.2. The molecule has 1 aromatic rings. The second-order valence-electron chi connectivity index (χ2n) is 4.24. The van der Waals surface area contributed by atoms with Crippen molar-refractivity contribution in [1.82, 2.24) is 0 Å². The molecule has 0 aliphatic carbocycles. The Balaban J connectivity index is 3.16. The molecule has 1 aromatic carbocycles. The fraction of sp³-hybridized carbons (Fsp3) is 0.455. The topological polar surface area (TPSA) is 124 Å². The lowest BCUT2D eigenvalue weighted by Crippen LogP contribution is -2.14. The van der Waals surface area contributed by atoms with Crippen molar-refractivity contribution in [3.05, 3.63) is 33.9 Å². The van der Waals surface area contributed by atoms with E-state index in [1.165, 1.54) is 12.1 Å². The number of aliphatic hydroxyl groups is 1. The Morgan fingerprint density at radius 2 is 2.11 bits per heavy atom. The first-order chi connectivity index (χ1) is 8.75. The molecule has 0 heterocycles. The van der Waals surface area contributed by atoms with Gasteiger partial charge in [0.15, 0.2) is 0 Å². The molecule has 3 N–H and O–H groups in total. The van der Waals surface area contributed by atoms with E-state index in [-0.39, 0.29) is 17.0 Å². The lowest BCUT2D eigenvalue weighted by molar-refractivity contribution is -0.385. The Labute approximate surface area is 111 Å². The van der Waals surface area contributed by atoms with E-state index in [1.807, 2.05) is 6.92 Å². The van der Waals surface area contributed by atoms with E-state index < -0.39 is 21.1 Å². The van der Waals surface area contributed by atoms with Crippen molar-refractivity contribution in [2.45, 2.75) is 37.2 Å². The summed E-state index contributed by atoms with van der Waals surface area (Å²) in [6.45, 7) is 1.89. The van der Waals surface area contributed by atoms with Gasteiger partial charge in [-0.05, 0) is 12.5 Å². The molecule has 19 heavy (non-hydrogen) atoms. The summed E-state index contributed by atoms with van der Waals surface area (Å²) >= 11 is 0. The molecule has 1 rings (SSSR count). The van der Waals surface area contributed by atoms with Crippen LogP contribution in [0.4, 0.5) is 5.69 Å². The van der Waals surface area contributed by atoms with E-state index in [0.29, 0.717) is 12.0 Å². The minimum atomic E-state index is -3.98. The fourth-order valence-corrected chi connectivity index (χ4v) is 2.29. The van der Waals surface area contributed by atoms with Gasteiger partial charge in [0.1, 0.15) is 0 Å². The van der Waals surface area contributed by atoms with Crippen LogP contribution in [0.5, 0.6) is 0 Å². The van der Waals surface area contributed by atoms with Gasteiger partial charge >= 0.3 is 0 Å². The highest BCUT2D eigenvalue weighted by molar-refractivity contribution is 7.89. The number of rotatable bonds is 6. The van der Waals surface area contributed by atoms with E-state index >= 15 is 0 Å². The van der Waals surface area contributed by atoms with Crippen molar-refractivity contribution in [2.24, 2.45) is 5.14 Å². The molecule has 0 amide bonds. The standard InChI is InChI=1S/C11H16N2O5S/c1-2-3-9(14)6-8-4-5-10(19(12,17)18)7-11(8)13(15)16/h4-5,7,9,14H,2-3,6H2,1H3,(H2,12,17,18). The number of aliphatic hydroxyl groups excluding tert-OH is 1. The van der Waals surface area contributed by atoms with Crippen molar-refractivity contribution >= 4 is 15.7 Å². The third-order valence-corrected chi connectivity index (χ3v) is 3.57. The van der Waals surface area contributed by atoms with Gasteiger partial charge in [0.2, 0.25) is 10.0 Å². The third kappa shape index (κ3) is 4.27. The van der Waals surface area contributed by atoms with Gasteiger partial charge in [-0.25, -0.2) is 13.6 Å². The zero-order valence-electron chi connectivity index (χ0n) is 10.4. The Bertz CT molecular complexity index is 570. The van der Waals surface area contributed by atoms with Gasteiger partial charge in [-0.2, -0.15) is 0 Å². The van der Waals surface area contributed by atoms with Crippen LogP contribution in [0.1, 0.15) is 25.3 Å². The number of primary sulfonamides is 1. The van der Waals surface area contributed by atoms with Crippen molar-refractivity contribution in [3.63, 3.8) is 0 Å². The SMILES string of the molecule is CCCC(O)Cc1ccc(S(N)(=O)=O)cc1[N+](=O)[O-]. The Morgan fingerprint density at radius 1 is 1.47 bits per heavy atom. The van der Waals surface area contributed by atoms with Crippen LogP contribution in [-0.4, -0.2) is 24.6 Å². The predicted octanol–water partition coefficient (Wildman–Crippen LogP) is 0.946. The van der Waals surface area contributed by atoms with Gasteiger partial charge in [0, 0.05) is 18.1 Å². The number of nitro benzene ring substituents is 1. The summed E-state index contributed by atoms with van der Waals surface area (Å²) < 4.78 is 22.3. The summed E-state index contributed by atoms with van der Waals surface area (Å²) in [5.74, 6) is 0. The van der Waals surface area contributed by atoms with Gasteiger partial charge in [-0.1, -0.05) is 19.4 Å². The van der Waals surface area contributed by atoms with Crippen LogP contribution in [0.2, 0.25) is 0 Å². The molecule has 0 aliphatic rings. The van der Waals surface area contributed by atoms with E-state index in [1.54, 1.807) is 0 Å². The Morgan fingerprint density at radius 3 is 2.58 bits per heavy atom. The second-order valence-corrected chi connectivity index (χ2v) is 5.80. The molecular formula is C11H16N2O5S. The predicted molar refractivity (Wildman–Crippen MR) is 69.1 cm³/mol. The highest BCUT2D eigenvalue weighted by Gasteiger charge is 2.20. The van der Waals surface area contributed by atoms with Crippen molar-refractivity contribution < 1.29 is 18.4 Å².